The monoisotopic (exact) mass is 434 g/mol. The van der Waals surface area contributed by atoms with Gasteiger partial charge in [0, 0.05) is 11.6 Å². The molecule has 2 aromatic rings. The van der Waals surface area contributed by atoms with Crippen molar-refractivity contribution < 1.29 is 19.5 Å². The second-order valence-electron chi connectivity index (χ2n) is 6.83. The van der Waals surface area contributed by atoms with Gasteiger partial charge in [-0.3, -0.25) is 20.4 Å². The van der Waals surface area contributed by atoms with Crippen molar-refractivity contribution in [2.45, 2.75) is 18.9 Å². The summed E-state index contributed by atoms with van der Waals surface area (Å²) in [4.78, 5) is 30.7. The molecule has 2 aliphatic rings. The van der Waals surface area contributed by atoms with Gasteiger partial charge in [-0.15, -0.1) is 11.3 Å². The Morgan fingerprint density at radius 2 is 2.03 bits per heavy atom. The van der Waals surface area contributed by atoms with Gasteiger partial charge in [0.15, 0.2) is 0 Å². The van der Waals surface area contributed by atoms with Crippen LogP contribution in [-0.4, -0.2) is 42.2 Å². The summed E-state index contributed by atoms with van der Waals surface area (Å²) in [7, 11) is 0. The first kappa shape index (κ1) is 19.7. The van der Waals surface area contributed by atoms with Crippen molar-refractivity contribution in [2.24, 2.45) is 10.9 Å². The topological polar surface area (TPSA) is 103 Å². The first-order valence-electron chi connectivity index (χ1n) is 9.14. The Morgan fingerprint density at radius 3 is 2.66 bits per heavy atom. The zero-order valence-corrected chi connectivity index (χ0v) is 16.9. The largest absolute Gasteiger partial charge is 0.442 e. The number of nitrogens with one attached hydrogen (secondary N) is 2. The highest BCUT2D eigenvalue weighted by Crippen LogP contribution is 2.31. The molecule has 1 saturated carbocycles. The molecule has 152 valence electrons. The minimum Gasteiger partial charge on any atom is -0.442 e. The predicted molar refractivity (Wildman–Crippen MR) is 110 cm³/mol. The van der Waals surface area contributed by atoms with Gasteiger partial charge >= 0.3 is 6.09 Å². The van der Waals surface area contributed by atoms with E-state index < -0.39 is 12.2 Å². The van der Waals surface area contributed by atoms with Crippen molar-refractivity contribution in [1.82, 2.24) is 10.8 Å². The van der Waals surface area contributed by atoms with Crippen molar-refractivity contribution in [3.63, 3.8) is 0 Å². The number of halogens is 1. The number of hydroxylamine groups is 1. The summed E-state index contributed by atoms with van der Waals surface area (Å²) >= 11 is 7.04. The van der Waals surface area contributed by atoms with Crippen LogP contribution in [0, 0.1) is 5.92 Å². The molecule has 1 aliphatic carbocycles. The van der Waals surface area contributed by atoms with Crippen LogP contribution in [0.2, 0.25) is 4.34 Å². The summed E-state index contributed by atoms with van der Waals surface area (Å²) in [6.07, 6.45) is 1.12. The summed E-state index contributed by atoms with van der Waals surface area (Å²) in [5.74, 6) is 0.596. The van der Waals surface area contributed by atoms with E-state index in [-0.39, 0.29) is 18.4 Å². The lowest BCUT2D eigenvalue weighted by Gasteiger charge is -2.13. The van der Waals surface area contributed by atoms with E-state index in [1.807, 2.05) is 0 Å². The van der Waals surface area contributed by atoms with E-state index in [1.165, 1.54) is 16.2 Å². The zero-order valence-electron chi connectivity index (χ0n) is 15.3. The average Bonchev–Trinajstić information content (AvgIpc) is 3.37. The number of anilines is 1. The van der Waals surface area contributed by atoms with Gasteiger partial charge in [0.1, 0.15) is 11.9 Å². The molecule has 2 heterocycles. The van der Waals surface area contributed by atoms with E-state index in [4.69, 9.17) is 21.5 Å². The maximum atomic E-state index is 12.2. The Kier molecular flexibility index (Phi) is 5.70. The van der Waals surface area contributed by atoms with Crippen LogP contribution in [0.1, 0.15) is 22.5 Å². The van der Waals surface area contributed by atoms with Crippen LogP contribution in [-0.2, 0) is 4.74 Å². The molecule has 2 fully saturated rings. The average molecular weight is 435 g/mol. The van der Waals surface area contributed by atoms with Gasteiger partial charge in [0.25, 0.3) is 5.91 Å². The number of nitrogens with zero attached hydrogens (tertiary/aromatic N) is 2. The number of ether oxygens (including phenoxy) is 1. The van der Waals surface area contributed by atoms with Crippen molar-refractivity contribution >= 4 is 52.1 Å². The van der Waals surface area contributed by atoms with Gasteiger partial charge < -0.3 is 10.1 Å². The zero-order chi connectivity index (χ0) is 20.4. The van der Waals surface area contributed by atoms with E-state index in [0.717, 1.165) is 12.8 Å². The van der Waals surface area contributed by atoms with Gasteiger partial charge in [-0.25, -0.2) is 9.79 Å². The molecule has 3 N–H and O–H groups in total. The third kappa shape index (κ3) is 4.69. The third-order valence-electron chi connectivity index (χ3n) is 4.65. The lowest BCUT2D eigenvalue weighted by Crippen LogP contribution is -2.34. The predicted octanol–water partition coefficient (Wildman–Crippen LogP) is 3.58. The van der Waals surface area contributed by atoms with Crippen LogP contribution < -0.4 is 15.7 Å². The quantitative estimate of drug-likeness (QED) is 0.366. The standard InChI is InChI=1S/C19H19ClN4O4S/c20-16-8-7-15(29-16)18(25)21-9-14-10-24(19(26)28-14)13-5-3-12(4-6-13)22-17(23-27)11-1-2-11/h3-8,11,14,27H,1-2,9-10H2,(H,21,25)(H,22,23)/t14-/m0/s1. The number of aliphatic imine (C=N–C) groups is 1. The minimum atomic E-state index is -0.463. The number of amidine groups is 1. The molecule has 0 radical (unpaired) electrons. The summed E-state index contributed by atoms with van der Waals surface area (Å²) in [6, 6.07) is 10.4. The number of carbonyl (C=O) groups is 2. The Hall–Kier alpha value is -2.62. The molecule has 0 spiro atoms. The molecule has 2 amide bonds. The smallest absolute Gasteiger partial charge is 0.414 e. The molecule has 1 aliphatic heterocycles. The highest BCUT2D eigenvalue weighted by atomic mass is 35.5. The summed E-state index contributed by atoms with van der Waals surface area (Å²) in [5, 5.41) is 11.9. The van der Waals surface area contributed by atoms with Crippen LogP contribution in [0.5, 0.6) is 0 Å². The van der Waals surface area contributed by atoms with Gasteiger partial charge in [0.05, 0.1) is 28.0 Å². The fraction of sp³-hybridized carbons (Fsp3) is 0.316. The number of amides is 2. The van der Waals surface area contributed by atoms with E-state index in [0.29, 0.717) is 33.0 Å². The van der Waals surface area contributed by atoms with Gasteiger partial charge in [-0.2, -0.15) is 0 Å². The summed E-state index contributed by atoms with van der Waals surface area (Å²) in [5.41, 5.74) is 3.52. The van der Waals surface area contributed by atoms with Crippen LogP contribution in [0.25, 0.3) is 0 Å². The first-order chi connectivity index (χ1) is 14.0. The molecule has 29 heavy (non-hydrogen) atoms. The van der Waals surface area contributed by atoms with E-state index in [2.05, 4.69) is 15.8 Å². The molecule has 1 aromatic carbocycles. The van der Waals surface area contributed by atoms with Gasteiger partial charge in [-0.1, -0.05) is 11.6 Å². The van der Waals surface area contributed by atoms with Crippen LogP contribution in [0.4, 0.5) is 16.2 Å². The van der Waals surface area contributed by atoms with Gasteiger partial charge in [-0.05, 0) is 49.2 Å². The molecule has 0 bridgehead atoms. The minimum absolute atomic E-state index is 0.214. The van der Waals surface area contributed by atoms with Crippen LogP contribution in [0.3, 0.4) is 0 Å². The lowest BCUT2D eigenvalue weighted by atomic mass is 10.2. The van der Waals surface area contributed by atoms with Crippen molar-refractivity contribution in [2.75, 3.05) is 18.0 Å². The fourth-order valence-electron chi connectivity index (χ4n) is 2.98. The second kappa shape index (κ2) is 8.40. The highest BCUT2D eigenvalue weighted by Gasteiger charge is 2.32. The third-order valence-corrected chi connectivity index (χ3v) is 5.88. The second-order valence-corrected chi connectivity index (χ2v) is 8.54. The fourth-order valence-corrected chi connectivity index (χ4v) is 3.94. The highest BCUT2D eigenvalue weighted by molar-refractivity contribution is 7.18. The van der Waals surface area contributed by atoms with Crippen LogP contribution >= 0.6 is 22.9 Å². The SMILES string of the molecule is O=C(NC[C@H]1CN(c2ccc(N=C(NO)C3CC3)cc2)C(=O)O1)c1ccc(Cl)s1. The molecule has 4 rings (SSSR count). The van der Waals surface area contributed by atoms with Gasteiger partial charge in [0.2, 0.25) is 0 Å². The molecular formula is C19H19ClN4O4S. The molecule has 8 nitrogen and oxygen atoms in total. The molecule has 10 heteroatoms. The Balaban J connectivity index is 1.34. The molecule has 0 unspecified atom stereocenters. The normalized spacial score (nSPS) is 19.2. The van der Waals surface area contributed by atoms with Crippen molar-refractivity contribution in [3.05, 3.63) is 45.6 Å². The van der Waals surface area contributed by atoms with E-state index in [9.17, 15) is 9.59 Å². The molecule has 1 saturated heterocycles. The Morgan fingerprint density at radius 1 is 1.28 bits per heavy atom. The van der Waals surface area contributed by atoms with E-state index in [1.54, 1.807) is 36.4 Å². The maximum absolute atomic E-state index is 12.2. The number of hydrogen-bond donors (Lipinski definition) is 3. The lowest BCUT2D eigenvalue weighted by molar-refractivity contribution is 0.0920. The molecule has 1 aromatic heterocycles. The summed E-state index contributed by atoms with van der Waals surface area (Å²) < 4.78 is 5.89. The van der Waals surface area contributed by atoms with E-state index >= 15 is 0 Å². The number of thiophene rings is 1. The van der Waals surface area contributed by atoms with Crippen molar-refractivity contribution in [3.8, 4) is 0 Å². The number of cyclic esters (lactones) is 1. The maximum Gasteiger partial charge on any atom is 0.414 e. The summed E-state index contributed by atoms with van der Waals surface area (Å²) in [6.45, 7) is 0.546. The molecule has 1 atom stereocenters. The number of carbonyl (C=O) groups excluding carboxylic acids is 2. The number of benzene rings is 1. The number of hydrogen-bond acceptors (Lipinski definition) is 6. The first-order valence-corrected chi connectivity index (χ1v) is 10.3. The number of rotatable bonds is 6. The van der Waals surface area contributed by atoms with Crippen LogP contribution in [0.15, 0.2) is 41.4 Å². The molecular weight excluding hydrogens is 416 g/mol. The Bertz CT molecular complexity index is 942. The Labute approximate surface area is 176 Å². The van der Waals surface area contributed by atoms with Crippen molar-refractivity contribution in [1.29, 1.82) is 0 Å².